The van der Waals surface area contributed by atoms with Crippen LogP contribution in [-0.4, -0.2) is 29.5 Å². The van der Waals surface area contributed by atoms with Gasteiger partial charge < -0.3 is 9.47 Å². The Balaban J connectivity index is 2.28. The molecule has 2 aromatic rings. The van der Waals surface area contributed by atoms with Crippen molar-refractivity contribution in [1.82, 2.24) is 9.97 Å². The van der Waals surface area contributed by atoms with Gasteiger partial charge in [0.25, 0.3) is 0 Å². The highest BCUT2D eigenvalue weighted by atomic mass is 16.5. The fourth-order valence-electron chi connectivity index (χ4n) is 1.71. The zero-order valence-corrected chi connectivity index (χ0v) is 11.5. The molecule has 2 rings (SSSR count). The number of ketones is 1. The van der Waals surface area contributed by atoms with Crippen LogP contribution in [0, 0.1) is 0 Å². The van der Waals surface area contributed by atoms with Gasteiger partial charge in [0.2, 0.25) is 11.7 Å². The third-order valence-electron chi connectivity index (χ3n) is 2.64. The molecule has 104 valence electrons. The summed E-state index contributed by atoms with van der Waals surface area (Å²) in [5, 5.41) is 0. The molecule has 5 nitrogen and oxygen atoms in total. The Bertz CT molecular complexity index is 599. The Kier molecular flexibility index (Phi) is 4.65. The highest BCUT2D eigenvalue weighted by molar-refractivity contribution is 6.09. The van der Waals surface area contributed by atoms with E-state index in [4.69, 9.17) is 9.47 Å². The topological polar surface area (TPSA) is 61.3 Å². The zero-order chi connectivity index (χ0) is 14.4. The molecular formula is C15H16N2O3. The predicted molar refractivity (Wildman–Crippen MR) is 74.2 cm³/mol. The van der Waals surface area contributed by atoms with Gasteiger partial charge in [0.05, 0.1) is 13.7 Å². The summed E-state index contributed by atoms with van der Waals surface area (Å²) >= 11 is 0. The Morgan fingerprint density at radius 1 is 1.25 bits per heavy atom. The number of carbonyl (C=O) groups is 1. The van der Waals surface area contributed by atoms with Crippen LogP contribution in [0.3, 0.4) is 0 Å². The molecule has 0 aliphatic rings. The quantitative estimate of drug-likeness (QED) is 0.756. The molecule has 0 saturated heterocycles. The van der Waals surface area contributed by atoms with E-state index in [1.807, 2.05) is 13.0 Å². The molecule has 0 atom stereocenters. The van der Waals surface area contributed by atoms with Gasteiger partial charge in [-0.15, -0.1) is 0 Å². The molecule has 20 heavy (non-hydrogen) atoms. The average molecular weight is 272 g/mol. The first-order valence-corrected chi connectivity index (χ1v) is 6.38. The highest BCUT2D eigenvalue weighted by Gasteiger charge is 2.17. The summed E-state index contributed by atoms with van der Waals surface area (Å²) in [4.78, 5) is 20.4. The van der Waals surface area contributed by atoms with E-state index in [1.165, 1.54) is 19.5 Å². The summed E-state index contributed by atoms with van der Waals surface area (Å²) in [6.07, 6.45) is 3.86. The van der Waals surface area contributed by atoms with Crippen molar-refractivity contribution < 1.29 is 14.3 Å². The van der Waals surface area contributed by atoms with Crippen LogP contribution in [0.15, 0.2) is 36.7 Å². The van der Waals surface area contributed by atoms with E-state index < -0.39 is 0 Å². The molecule has 0 bridgehead atoms. The van der Waals surface area contributed by atoms with Crippen LogP contribution in [-0.2, 0) is 0 Å². The summed E-state index contributed by atoms with van der Waals surface area (Å²) in [6.45, 7) is 2.64. The highest BCUT2D eigenvalue weighted by Crippen LogP contribution is 2.19. The summed E-state index contributed by atoms with van der Waals surface area (Å²) in [7, 11) is 1.46. The maximum atomic E-state index is 12.4. The molecule has 5 heteroatoms. The van der Waals surface area contributed by atoms with Gasteiger partial charge in [-0.25, -0.2) is 9.97 Å². The van der Waals surface area contributed by atoms with Crippen molar-refractivity contribution in [3.8, 4) is 11.6 Å². The van der Waals surface area contributed by atoms with Crippen LogP contribution in [0.25, 0.3) is 0 Å². The lowest BCUT2D eigenvalue weighted by Gasteiger charge is -2.07. The van der Waals surface area contributed by atoms with E-state index in [-0.39, 0.29) is 17.4 Å². The molecule has 0 amide bonds. The fourth-order valence-corrected chi connectivity index (χ4v) is 1.71. The van der Waals surface area contributed by atoms with E-state index in [9.17, 15) is 4.79 Å². The molecule has 0 radical (unpaired) electrons. The molecule has 0 aliphatic carbocycles. The van der Waals surface area contributed by atoms with Gasteiger partial charge in [-0.05, 0) is 18.6 Å². The molecule has 1 aromatic heterocycles. The van der Waals surface area contributed by atoms with Gasteiger partial charge in [-0.2, -0.15) is 0 Å². The number of hydrogen-bond donors (Lipinski definition) is 0. The van der Waals surface area contributed by atoms with E-state index in [2.05, 4.69) is 9.97 Å². The summed E-state index contributed by atoms with van der Waals surface area (Å²) < 4.78 is 10.6. The maximum Gasteiger partial charge on any atom is 0.243 e. The molecule has 0 spiro atoms. The number of benzene rings is 1. The first-order chi connectivity index (χ1) is 9.76. The third kappa shape index (κ3) is 3.12. The fraction of sp³-hybridized carbons (Fsp3) is 0.267. The Labute approximate surface area is 117 Å². The monoisotopic (exact) mass is 272 g/mol. The second-order valence-corrected chi connectivity index (χ2v) is 4.12. The number of methoxy groups -OCH3 is 1. The second-order valence-electron chi connectivity index (χ2n) is 4.12. The maximum absolute atomic E-state index is 12.4. The van der Waals surface area contributed by atoms with Crippen LogP contribution in [0.4, 0.5) is 0 Å². The Hall–Kier alpha value is -2.43. The molecule has 0 unspecified atom stereocenters. The number of nitrogens with zero attached hydrogens (tertiary/aromatic N) is 2. The van der Waals surface area contributed by atoms with Crippen LogP contribution in [0.1, 0.15) is 29.4 Å². The van der Waals surface area contributed by atoms with Gasteiger partial charge in [0.15, 0.2) is 5.69 Å². The number of ether oxygens (including phenoxy) is 2. The Morgan fingerprint density at radius 2 is 2.05 bits per heavy atom. The minimum atomic E-state index is -0.239. The second kappa shape index (κ2) is 6.65. The van der Waals surface area contributed by atoms with Crippen molar-refractivity contribution in [2.24, 2.45) is 0 Å². The Morgan fingerprint density at radius 3 is 2.80 bits per heavy atom. The average Bonchev–Trinajstić information content (AvgIpc) is 2.52. The van der Waals surface area contributed by atoms with Crippen molar-refractivity contribution in [1.29, 1.82) is 0 Å². The van der Waals surface area contributed by atoms with Crippen molar-refractivity contribution in [2.45, 2.75) is 13.3 Å². The van der Waals surface area contributed by atoms with Gasteiger partial charge in [-0.1, -0.05) is 19.1 Å². The zero-order valence-electron chi connectivity index (χ0n) is 11.5. The lowest BCUT2D eigenvalue weighted by atomic mass is 10.1. The summed E-state index contributed by atoms with van der Waals surface area (Å²) in [5.74, 6) is 0.648. The lowest BCUT2D eigenvalue weighted by molar-refractivity contribution is 0.103. The number of rotatable bonds is 6. The number of aromatic nitrogens is 2. The largest absolute Gasteiger partial charge is 0.494 e. The standard InChI is InChI=1S/C15H16N2O3/c1-3-9-20-12-6-4-5-11(10-12)14(18)13-15(19-2)17-8-7-16-13/h4-8,10H,3,9H2,1-2H3. The van der Waals surface area contributed by atoms with E-state index in [0.29, 0.717) is 17.9 Å². The van der Waals surface area contributed by atoms with Crippen molar-refractivity contribution in [3.63, 3.8) is 0 Å². The first-order valence-electron chi connectivity index (χ1n) is 6.38. The molecule has 0 aliphatic heterocycles. The van der Waals surface area contributed by atoms with Crippen molar-refractivity contribution in [3.05, 3.63) is 47.9 Å². The summed E-state index contributed by atoms with van der Waals surface area (Å²) in [6, 6.07) is 7.02. The minimum absolute atomic E-state index is 0.197. The van der Waals surface area contributed by atoms with Gasteiger partial charge in [-0.3, -0.25) is 4.79 Å². The molecule has 0 N–H and O–H groups in total. The predicted octanol–water partition coefficient (Wildman–Crippen LogP) is 2.51. The number of hydrogen-bond acceptors (Lipinski definition) is 5. The molecule has 0 saturated carbocycles. The summed E-state index contributed by atoms with van der Waals surface area (Å²) in [5.41, 5.74) is 0.694. The molecule has 0 fully saturated rings. The normalized spacial score (nSPS) is 10.1. The molecule has 1 heterocycles. The van der Waals surface area contributed by atoms with Crippen molar-refractivity contribution >= 4 is 5.78 Å². The molecule has 1 aromatic carbocycles. The van der Waals surface area contributed by atoms with E-state index >= 15 is 0 Å². The van der Waals surface area contributed by atoms with Crippen LogP contribution in [0.5, 0.6) is 11.6 Å². The first kappa shape index (κ1) is 14.0. The SMILES string of the molecule is CCCOc1cccc(C(=O)c2nccnc2OC)c1. The van der Waals surface area contributed by atoms with Crippen molar-refractivity contribution in [2.75, 3.05) is 13.7 Å². The van der Waals surface area contributed by atoms with Crippen LogP contribution >= 0.6 is 0 Å². The number of carbonyl (C=O) groups excluding carboxylic acids is 1. The van der Waals surface area contributed by atoms with Gasteiger partial charge in [0, 0.05) is 18.0 Å². The minimum Gasteiger partial charge on any atom is -0.494 e. The smallest absolute Gasteiger partial charge is 0.243 e. The lowest BCUT2D eigenvalue weighted by Crippen LogP contribution is -2.08. The van der Waals surface area contributed by atoms with Crippen LogP contribution < -0.4 is 9.47 Å². The van der Waals surface area contributed by atoms with E-state index in [0.717, 1.165) is 6.42 Å². The van der Waals surface area contributed by atoms with Gasteiger partial charge in [0.1, 0.15) is 5.75 Å². The third-order valence-corrected chi connectivity index (χ3v) is 2.64. The van der Waals surface area contributed by atoms with E-state index in [1.54, 1.807) is 18.2 Å². The molecular weight excluding hydrogens is 256 g/mol. The van der Waals surface area contributed by atoms with Crippen LogP contribution in [0.2, 0.25) is 0 Å². The van der Waals surface area contributed by atoms with Gasteiger partial charge >= 0.3 is 0 Å².